The molecule has 1 aromatic heterocycles. The minimum absolute atomic E-state index is 0.371. The molecule has 1 aromatic rings. The van der Waals surface area contributed by atoms with Crippen molar-refractivity contribution in [1.82, 2.24) is 4.72 Å². The molecule has 0 aliphatic heterocycles. The van der Waals surface area contributed by atoms with Crippen molar-refractivity contribution in [1.29, 1.82) is 0 Å². The Kier molecular flexibility index (Phi) is 4.31. The van der Waals surface area contributed by atoms with Gasteiger partial charge in [-0.1, -0.05) is 12.1 Å². The topological polar surface area (TPSA) is 46.2 Å². The van der Waals surface area contributed by atoms with Crippen molar-refractivity contribution >= 4 is 21.4 Å². The average Bonchev–Trinajstić information content (AvgIpc) is 2.65. The predicted molar refractivity (Wildman–Crippen MR) is 58.9 cm³/mol. The van der Waals surface area contributed by atoms with Crippen molar-refractivity contribution in [3.05, 3.63) is 30.2 Å². The van der Waals surface area contributed by atoms with Crippen LogP contribution in [0.15, 0.2) is 34.4 Å². The molecule has 0 unspecified atom stereocenters. The molecule has 0 amide bonds. The maximum atomic E-state index is 11.5. The fourth-order valence-electron chi connectivity index (χ4n) is 0.940. The van der Waals surface area contributed by atoms with Gasteiger partial charge in [0.05, 0.1) is 0 Å². The summed E-state index contributed by atoms with van der Waals surface area (Å²) in [6.07, 6.45) is 3.39. The van der Waals surface area contributed by atoms with Gasteiger partial charge in [-0.25, -0.2) is 13.1 Å². The van der Waals surface area contributed by atoms with Crippen LogP contribution in [0, 0.1) is 0 Å². The van der Waals surface area contributed by atoms with E-state index in [9.17, 15) is 8.42 Å². The lowest BCUT2D eigenvalue weighted by molar-refractivity contribution is 0.581. The molecular formula is C9H13NO2S2. The number of rotatable bonds is 6. The van der Waals surface area contributed by atoms with Gasteiger partial charge in [-0.3, -0.25) is 0 Å². The smallest absolute Gasteiger partial charge is 0.210 e. The lowest BCUT2D eigenvalue weighted by Crippen LogP contribution is -2.23. The summed E-state index contributed by atoms with van der Waals surface area (Å²) in [4.78, 5) is 0. The Hall–Kier alpha value is -0.650. The minimum atomic E-state index is -3.26. The second-order valence-electron chi connectivity index (χ2n) is 2.76. The summed E-state index contributed by atoms with van der Waals surface area (Å²) in [6.45, 7) is 4.03. The Balaban J connectivity index is 2.47. The van der Waals surface area contributed by atoms with E-state index in [-0.39, 0.29) is 0 Å². The number of hydrogen-bond acceptors (Lipinski definition) is 3. The molecule has 0 atom stereocenters. The van der Waals surface area contributed by atoms with Crippen molar-refractivity contribution in [2.75, 3.05) is 6.54 Å². The van der Waals surface area contributed by atoms with E-state index in [0.717, 1.165) is 12.8 Å². The van der Waals surface area contributed by atoms with Crippen molar-refractivity contribution in [3.8, 4) is 0 Å². The fourth-order valence-corrected chi connectivity index (χ4v) is 3.05. The first-order valence-electron chi connectivity index (χ1n) is 4.31. The molecule has 1 N–H and O–H groups in total. The first kappa shape index (κ1) is 11.4. The third-order valence-electron chi connectivity index (χ3n) is 1.64. The number of unbranched alkanes of at least 4 members (excludes halogenated alkanes) is 1. The molecule has 0 aromatic carbocycles. The van der Waals surface area contributed by atoms with Crippen LogP contribution in [0.4, 0.5) is 0 Å². The van der Waals surface area contributed by atoms with Gasteiger partial charge in [-0.05, 0) is 24.3 Å². The molecule has 0 radical (unpaired) electrons. The van der Waals surface area contributed by atoms with Gasteiger partial charge >= 0.3 is 0 Å². The molecule has 3 nitrogen and oxygen atoms in total. The van der Waals surface area contributed by atoms with Crippen LogP contribution in [0.2, 0.25) is 0 Å². The second kappa shape index (κ2) is 5.29. The lowest BCUT2D eigenvalue weighted by Gasteiger charge is -2.02. The molecule has 0 bridgehead atoms. The first-order chi connectivity index (χ1) is 6.67. The Bertz CT molecular complexity index is 368. The summed E-state index contributed by atoms with van der Waals surface area (Å²) in [7, 11) is -3.26. The number of allylic oxidation sites excluding steroid dienone is 1. The van der Waals surface area contributed by atoms with Gasteiger partial charge in [0, 0.05) is 6.54 Å². The van der Waals surface area contributed by atoms with E-state index >= 15 is 0 Å². The zero-order valence-electron chi connectivity index (χ0n) is 7.77. The third-order valence-corrected chi connectivity index (χ3v) is 4.50. The molecule has 0 spiro atoms. The van der Waals surface area contributed by atoms with Gasteiger partial charge in [0.1, 0.15) is 4.21 Å². The molecule has 0 saturated heterocycles. The zero-order valence-corrected chi connectivity index (χ0v) is 9.40. The van der Waals surface area contributed by atoms with E-state index in [1.54, 1.807) is 23.6 Å². The van der Waals surface area contributed by atoms with E-state index < -0.39 is 10.0 Å². The van der Waals surface area contributed by atoms with Crippen LogP contribution in [0.3, 0.4) is 0 Å². The molecule has 78 valence electrons. The largest absolute Gasteiger partial charge is 0.250 e. The molecule has 14 heavy (non-hydrogen) atoms. The summed E-state index contributed by atoms with van der Waals surface area (Å²) in [6, 6.07) is 3.32. The summed E-state index contributed by atoms with van der Waals surface area (Å²) < 4.78 is 26.0. The van der Waals surface area contributed by atoms with Crippen LogP contribution in [0.1, 0.15) is 12.8 Å². The predicted octanol–water partition coefficient (Wildman–Crippen LogP) is 1.99. The van der Waals surface area contributed by atoms with Crippen molar-refractivity contribution in [2.45, 2.75) is 17.1 Å². The third kappa shape index (κ3) is 3.25. The van der Waals surface area contributed by atoms with Crippen molar-refractivity contribution in [2.24, 2.45) is 0 Å². The van der Waals surface area contributed by atoms with E-state index in [4.69, 9.17) is 0 Å². The van der Waals surface area contributed by atoms with Crippen LogP contribution in [0.5, 0.6) is 0 Å². The lowest BCUT2D eigenvalue weighted by atomic mass is 10.3. The van der Waals surface area contributed by atoms with Crippen LogP contribution in [-0.4, -0.2) is 15.0 Å². The zero-order chi connectivity index (χ0) is 10.4. The Morgan fingerprint density at radius 1 is 1.57 bits per heavy atom. The van der Waals surface area contributed by atoms with Gasteiger partial charge in [-0.15, -0.1) is 17.9 Å². The highest BCUT2D eigenvalue weighted by atomic mass is 32.2. The number of thiophene rings is 1. The van der Waals surface area contributed by atoms with E-state index in [0.29, 0.717) is 10.8 Å². The van der Waals surface area contributed by atoms with Crippen LogP contribution in [0.25, 0.3) is 0 Å². The van der Waals surface area contributed by atoms with Gasteiger partial charge in [0.2, 0.25) is 10.0 Å². The maximum absolute atomic E-state index is 11.5. The highest BCUT2D eigenvalue weighted by molar-refractivity contribution is 7.91. The quantitative estimate of drug-likeness (QED) is 0.601. The normalized spacial score (nSPS) is 11.4. The minimum Gasteiger partial charge on any atom is -0.210 e. The van der Waals surface area contributed by atoms with Crippen LogP contribution in [-0.2, 0) is 10.0 Å². The summed E-state index contributed by atoms with van der Waals surface area (Å²) in [5, 5.41) is 1.75. The van der Waals surface area contributed by atoms with E-state index in [1.807, 2.05) is 0 Å². The Labute approximate surface area is 88.5 Å². The van der Waals surface area contributed by atoms with Gasteiger partial charge in [0.15, 0.2) is 0 Å². The standard InChI is InChI=1S/C9H13NO2S2/c1-2-3-4-7-10-14(11,12)9-6-5-8-13-9/h2,5-6,8,10H,1,3-4,7H2. The monoisotopic (exact) mass is 231 g/mol. The Morgan fingerprint density at radius 2 is 2.36 bits per heavy atom. The van der Waals surface area contributed by atoms with Crippen molar-refractivity contribution in [3.63, 3.8) is 0 Å². The number of nitrogens with one attached hydrogen (secondary N) is 1. The van der Waals surface area contributed by atoms with Gasteiger partial charge in [-0.2, -0.15) is 0 Å². The first-order valence-corrected chi connectivity index (χ1v) is 6.67. The SMILES string of the molecule is C=CCCCNS(=O)(=O)c1cccs1. The van der Waals surface area contributed by atoms with E-state index in [1.165, 1.54) is 11.3 Å². The molecule has 1 rings (SSSR count). The van der Waals surface area contributed by atoms with Crippen LogP contribution < -0.4 is 4.72 Å². The van der Waals surface area contributed by atoms with Crippen molar-refractivity contribution < 1.29 is 8.42 Å². The second-order valence-corrected chi connectivity index (χ2v) is 5.70. The molecule has 1 heterocycles. The van der Waals surface area contributed by atoms with E-state index in [2.05, 4.69) is 11.3 Å². The summed E-state index contributed by atoms with van der Waals surface area (Å²) in [5.41, 5.74) is 0. The maximum Gasteiger partial charge on any atom is 0.250 e. The average molecular weight is 231 g/mol. The Morgan fingerprint density at radius 3 is 2.93 bits per heavy atom. The molecule has 0 saturated carbocycles. The summed E-state index contributed by atoms with van der Waals surface area (Å²) >= 11 is 1.22. The number of hydrogen-bond donors (Lipinski definition) is 1. The summed E-state index contributed by atoms with van der Waals surface area (Å²) in [5.74, 6) is 0. The fraction of sp³-hybridized carbons (Fsp3) is 0.333. The molecule has 0 aliphatic rings. The van der Waals surface area contributed by atoms with Gasteiger partial charge in [0.25, 0.3) is 0 Å². The molecule has 0 aliphatic carbocycles. The van der Waals surface area contributed by atoms with Gasteiger partial charge < -0.3 is 0 Å². The highest BCUT2D eigenvalue weighted by Gasteiger charge is 2.13. The highest BCUT2D eigenvalue weighted by Crippen LogP contribution is 2.14. The van der Waals surface area contributed by atoms with Crippen LogP contribution >= 0.6 is 11.3 Å². The molecular weight excluding hydrogens is 218 g/mol. The molecule has 0 fully saturated rings. The molecule has 5 heteroatoms. The number of sulfonamides is 1.